The van der Waals surface area contributed by atoms with E-state index in [1.54, 1.807) is 0 Å². The van der Waals surface area contributed by atoms with Crippen molar-refractivity contribution in [3.8, 4) is 0 Å². The van der Waals surface area contributed by atoms with E-state index in [0.717, 1.165) is 68.5 Å². The molecule has 1 amide bonds. The van der Waals surface area contributed by atoms with Crippen LogP contribution in [0.3, 0.4) is 0 Å². The number of hydrogen-bond acceptors (Lipinski definition) is 4. The summed E-state index contributed by atoms with van der Waals surface area (Å²) in [7, 11) is 0. The van der Waals surface area contributed by atoms with Gasteiger partial charge in [0.25, 0.3) is 0 Å². The van der Waals surface area contributed by atoms with Gasteiger partial charge in [0, 0.05) is 5.69 Å². The zero-order chi connectivity index (χ0) is 19.4. The van der Waals surface area contributed by atoms with Crippen molar-refractivity contribution >= 4 is 17.9 Å². The lowest BCUT2D eigenvalue weighted by molar-refractivity contribution is -0.117. The first-order chi connectivity index (χ1) is 12.5. The van der Waals surface area contributed by atoms with E-state index in [-0.39, 0.29) is 5.91 Å². The highest BCUT2D eigenvalue weighted by atomic mass is 16.2. The standard InChI is InChI=1S/C21H35N3O2/c1-5-7-12-24(14-9-13-23(6-2)15-16-25)17-20(26)22-21-18(3)10-8-11-19(21)4/h8,10-11,16H,5-7,9,12-15,17H2,1-4H3,(H,22,26). The molecule has 0 heterocycles. The predicted molar refractivity (Wildman–Crippen MR) is 109 cm³/mol. The molecule has 0 aliphatic carbocycles. The Labute approximate surface area is 158 Å². The summed E-state index contributed by atoms with van der Waals surface area (Å²) < 4.78 is 0. The van der Waals surface area contributed by atoms with Crippen molar-refractivity contribution in [2.75, 3.05) is 44.6 Å². The molecule has 0 saturated carbocycles. The van der Waals surface area contributed by atoms with Crippen LogP contribution in [0.5, 0.6) is 0 Å². The lowest BCUT2D eigenvalue weighted by Crippen LogP contribution is -2.36. The zero-order valence-electron chi connectivity index (χ0n) is 16.9. The summed E-state index contributed by atoms with van der Waals surface area (Å²) in [5.41, 5.74) is 3.10. The van der Waals surface area contributed by atoms with Crippen molar-refractivity contribution in [3.63, 3.8) is 0 Å². The van der Waals surface area contributed by atoms with E-state index in [1.165, 1.54) is 0 Å². The van der Waals surface area contributed by atoms with Crippen molar-refractivity contribution in [1.29, 1.82) is 0 Å². The van der Waals surface area contributed by atoms with E-state index in [1.807, 2.05) is 32.0 Å². The second kappa shape index (κ2) is 12.6. The molecule has 1 aromatic rings. The molecule has 146 valence electrons. The topological polar surface area (TPSA) is 52.7 Å². The molecule has 0 atom stereocenters. The van der Waals surface area contributed by atoms with Gasteiger partial charge in [-0.25, -0.2) is 0 Å². The highest BCUT2D eigenvalue weighted by Gasteiger charge is 2.13. The zero-order valence-corrected chi connectivity index (χ0v) is 16.9. The van der Waals surface area contributed by atoms with Crippen LogP contribution in [0.1, 0.15) is 44.2 Å². The first-order valence-electron chi connectivity index (χ1n) is 9.76. The van der Waals surface area contributed by atoms with Crippen LogP contribution < -0.4 is 5.32 Å². The number of carbonyl (C=O) groups excluding carboxylic acids is 2. The monoisotopic (exact) mass is 361 g/mol. The molecule has 0 aromatic heterocycles. The second-order valence-electron chi connectivity index (χ2n) is 6.86. The third-order valence-electron chi connectivity index (χ3n) is 4.67. The molecule has 0 fully saturated rings. The summed E-state index contributed by atoms with van der Waals surface area (Å²) in [6.07, 6.45) is 4.11. The van der Waals surface area contributed by atoms with Crippen molar-refractivity contribution in [2.24, 2.45) is 0 Å². The second-order valence-corrected chi connectivity index (χ2v) is 6.86. The molecule has 0 radical (unpaired) electrons. The summed E-state index contributed by atoms with van der Waals surface area (Å²) in [6.45, 7) is 12.7. The Balaban J connectivity index is 2.57. The molecule has 0 bridgehead atoms. The van der Waals surface area contributed by atoms with Gasteiger partial charge in [-0.05, 0) is 64.0 Å². The number of aldehydes is 1. The van der Waals surface area contributed by atoms with E-state index >= 15 is 0 Å². The van der Waals surface area contributed by atoms with E-state index in [2.05, 4.69) is 29.0 Å². The van der Waals surface area contributed by atoms with Crippen molar-refractivity contribution in [1.82, 2.24) is 9.80 Å². The summed E-state index contributed by atoms with van der Waals surface area (Å²) in [5, 5.41) is 3.08. The SMILES string of the molecule is CCCCN(CCCN(CC)CC=O)CC(=O)Nc1c(C)cccc1C. The number of carbonyl (C=O) groups is 2. The van der Waals surface area contributed by atoms with Crippen LogP contribution in [-0.4, -0.2) is 61.3 Å². The molecular formula is C21H35N3O2. The smallest absolute Gasteiger partial charge is 0.238 e. The molecule has 0 saturated heterocycles. The number of rotatable bonds is 13. The molecule has 5 heteroatoms. The predicted octanol–water partition coefficient (Wildman–Crippen LogP) is 3.25. The van der Waals surface area contributed by atoms with Crippen LogP contribution in [-0.2, 0) is 9.59 Å². The highest BCUT2D eigenvalue weighted by Crippen LogP contribution is 2.19. The average Bonchev–Trinajstić information content (AvgIpc) is 2.62. The van der Waals surface area contributed by atoms with Gasteiger partial charge in [0.1, 0.15) is 6.29 Å². The Kier molecular flexibility index (Phi) is 10.8. The van der Waals surface area contributed by atoms with Gasteiger partial charge in [-0.15, -0.1) is 0 Å². The molecule has 26 heavy (non-hydrogen) atoms. The van der Waals surface area contributed by atoms with Crippen LogP contribution in [0.4, 0.5) is 5.69 Å². The Morgan fingerprint density at radius 3 is 2.23 bits per heavy atom. The number of benzene rings is 1. The van der Waals surface area contributed by atoms with E-state index in [0.29, 0.717) is 13.1 Å². The molecule has 1 rings (SSSR count). The van der Waals surface area contributed by atoms with Gasteiger partial charge < -0.3 is 10.1 Å². The van der Waals surface area contributed by atoms with E-state index in [4.69, 9.17) is 0 Å². The number of aryl methyl sites for hydroxylation is 2. The van der Waals surface area contributed by atoms with Gasteiger partial charge >= 0.3 is 0 Å². The molecule has 0 aliphatic rings. The lowest BCUT2D eigenvalue weighted by Gasteiger charge is -2.24. The van der Waals surface area contributed by atoms with Crippen molar-refractivity contribution in [2.45, 2.75) is 47.0 Å². The number of likely N-dealkylation sites (N-methyl/N-ethyl adjacent to an activating group) is 1. The number of unbranched alkanes of at least 4 members (excludes halogenated alkanes) is 1. The van der Waals surface area contributed by atoms with Gasteiger partial charge in [0.2, 0.25) is 5.91 Å². The fourth-order valence-corrected chi connectivity index (χ4v) is 3.05. The van der Waals surface area contributed by atoms with Crippen molar-refractivity contribution < 1.29 is 9.59 Å². The molecule has 0 aliphatic heterocycles. The van der Waals surface area contributed by atoms with Crippen LogP contribution in [0, 0.1) is 13.8 Å². The van der Waals surface area contributed by atoms with Crippen LogP contribution in [0.25, 0.3) is 0 Å². The summed E-state index contributed by atoms with van der Waals surface area (Å²) in [6, 6.07) is 6.04. The number of hydrogen-bond donors (Lipinski definition) is 1. The molecule has 0 spiro atoms. The Morgan fingerprint density at radius 1 is 1.04 bits per heavy atom. The van der Waals surface area contributed by atoms with Crippen LogP contribution in [0.15, 0.2) is 18.2 Å². The summed E-state index contributed by atoms with van der Waals surface area (Å²) in [5.74, 6) is 0.0405. The molecule has 1 N–H and O–H groups in total. The Morgan fingerprint density at radius 2 is 1.65 bits per heavy atom. The minimum atomic E-state index is 0.0405. The normalized spacial score (nSPS) is 11.2. The van der Waals surface area contributed by atoms with E-state index in [9.17, 15) is 9.59 Å². The first-order valence-corrected chi connectivity index (χ1v) is 9.76. The minimum absolute atomic E-state index is 0.0405. The first kappa shape index (κ1) is 22.3. The highest BCUT2D eigenvalue weighted by molar-refractivity contribution is 5.93. The van der Waals surface area contributed by atoms with Gasteiger partial charge in [0.05, 0.1) is 13.1 Å². The van der Waals surface area contributed by atoms with Gasteiger partial charge in [-0.1, -0.05) is 38.5 Å². The number of para-hydroxylation sites is 1. The molecular weight excluding hydrogens is 326 g/mol. The van der Waals surface area contributed by atoms with Gasteiger partial charge in [-0.3, -0.25) is 14.6 Å². The molecule has 1 aromatic carbocycles. The fraction of sp³-hybridized carbons (Fsp3) is 0.619. The Hall–Kier alpha value is -1.72. The average molecular weight is 362 g/mol. The summed E-state index contributed by atoms with van der Waals surface area (Å²) in [4.78, 5) is 27.6. The number of nitrogens with zero attached hydrogens (tertiary/aromatic N) is 2. The summed E-state index contributed by atoms with van der Waals surface area (Å²) >= 11 is 0. The lowest BCUT2D eigenvalue weighted by atomic mass is 10.1. The minimum Gasteiger partial charge on any atom is -0.324 e. The van der Waals surface area contributed by atoms with Crippen LogP contribution >= 0.6 is 0 Å². The third kappa shape index (κ3) is 8.11. The number of amides is 1. The van der Waals surface area contributed by atoms with Crippen LogP contribution in [0.2, 0.25) is 0 Å². The van der Waals surface area contributed by atoms with Gasteiger partial charge in [-0.2, -0.15) is 0 Å². The maximum atomic E-state index is 12.5. The van der Waals surface area contributed by atoms with E-state index < -0.39 is 0 Å². The molecule has 0 unspecified atom stereocenters. The largest absolute Gasteiger partial charge is 0.324 e. The molecule has 5 nitrogen and oxygen atoms in total. The fourth-order valence-electron chi connectivity index (χ4n) is 3.05. The number of anilines is 1. The maximum absolute atomic E-state index is 12.5. The third-order valence-corrected chi connectivity index (χ3v) is 4.67. The number of nitrogens with one attached hydrogen (secondary N) is 1. The maximum Gasteiger partial charge on any atom is 0.238 e. The van der Waals surface area contributed by atoms with Gasteiger partial charge in [0.15, 0.2) is 0 Å². The quantitative estimate of drug-likeness (QED) is 0.548. The van der Waals surface area contributed by atoms with Crippen molar-refractivity contribution in [3.05, 3.63) is 29.3 Å². The Bertz CT molecular complexity index is 540.